The molecule has 14 heteroatoms. The Hall–Kier alpha value is -4.62. The summed E-state index contributed by atoms with van der Waals surface area (Å²) in [6, 6.07) is -0.0349. The Morgan fingerprint density at radius 1 is 1.20 bits per heavy atom. The normalized spacial score (nSPS) is 15.3. The molecule has 2 fully saturated rings. The Labute approximate surface area is 236 Å². The van der Waals surface area contributed by atoms with E-state index in [1.54, 1.807) is 4.90 Å². The SMILES string of the molecule is CCNC(=O)N1CC(c2cnc(-c3c(-c4nn(C(C)(C)C)c5ncnc(N)c45)noc3C3CC3)nc2C)C1.O=CO. The number of nitrogens with zero attached hydrogens (tertiary/aromatic N) is 8. The minimum Gasteiger partial charge on any atom is -0.483 e. The molecule has 1 saturated carbocycles. The zero-order valence-electron chi connectivity index (χ0n) is 23.7. The summed E-state index contributed by atoms with van der Waals surface area (Å²) < 4.78 is 7.76. The summed E-state index contributed by atoms with van der Waals surface area (Å²) in [4.78, 5) is 40.7. The minimum atomic E-state index is -0.347. The van der Waals surface area contributed by atoms with Crippen molar-refractivity contribution >= 4 is 29.4 Å². The summed E-state index contributed by atoms with van der Waals surface area (Å²) >= 11 is 0. The number of aromatic nitrogens is 7. The number of amides is 2. The van der Waals surface area contributed by atoms with E-state index < -0.39 is 0 Å². The second-order valence-corrected chi connectivity index (χ2v) is 11.2. The van der Waals surface area contributed by atoms with E-state index in [0.29, 0.717) is 53.7 Å². The van der Waals surface area contributed by atoms with Gasteiger partial charge in [0.2, 0.25) is 0 Å². The van der Waals surface area contributed by atoms with Gasteiger partial charge in [-0.25, -0.2) is 29.4 Å². The van der Waals surface area contributed by atoms with Crippen molar-refractivity contribution in [3.63, 3.8) is 0 Å². The van der Waals surface area contributed by atoms with Crippen molar-refractivity contribution in [1.82, 2.24) is 45.1 Å². The van der Waals surface area contributed by atoms with Crippen LogP contribution in [0.3, 0.4) is 0 Å². The van der Waals surface area contributed by atoms with Gasteiger partial charge in [0, 0.05) is 43.4 Å². The van der Waals surface area contributed by atoms with Crippen LogP contribution in [0.2, 0.25) is 0 Å². The zero-order chi connectivity index (χ0) is 29.5. The number of rotatable bonds is 5. The highest BCUT2D eigenvalue weighted by molar-refractivity contribution is 6.00. The first-order valence-electron chi connectivity index (χ1n) is 13.5. The first kappa shape index (κ1) is 27.9. The predicted molar refractivity (Wildman–Crippen MR) is 150 cm³/mol. The number of fused-ring (bicyclic) bond motifs is 1. The number of nitrogens with one attached hydrogen (secondary N) is 1. The molecule has 0 unspecified atom stereocenters. The fourth-order valence-electron chi connectivity index (χ4n) is 5.01. The number of nitrogen functional groups attached to an aromatic ring is 1. The Balaban J connectivity index is 0.00000108. The molecule has 0 spiro atoms. The molecule has 0 radical (unpaired) electrons. The zero-order valence-corrected chi connectivity index (χ0v) is 23.7. The van der Waals surface area contributed by atoms with Crippen LogP contribution in [0.25, 0.3) is 33.8 Å². The fourth-order valence-corrected chi connectivity index (χ4v) is 5.01. The van der Waals surface area contributed by atoms with Crippen LogP contribution in [0.15, 0.2) is 17.0 Å². The van der Waals surface area contributed by atoms with Crippen LogP contribution in [0.4, 0.5) is 10.6 Å². The molecule has 4 N–H and O–H groups in total. The number of carboxylic acid groups (broad SMARTS) is 1. The molecule has 0 bridgehead atoms. The second kappa shape index (κ2) is 10.7. The van der Waals surface area contributed by atoms with E-state index in [9.17, 15) is 4.79 Å². The smallest absolute Gasteiger partial charge is 0.317 e. The molecule has 1 aliphatic heterocycles. The molecule has 41 heavy (non-hydrogen) atoms. The van der Waals surface area contributed by atoms with Gasteiger partial charge >= 0.3 is 6.03 Å². The van der Waals surface area contributed by atoms with Crippen molar-refractivity contribution in [2.24, 2.45) is 0 Å². The van der Waals surface area contributed by atoms with E-state index in [2.05, 4.69) is 41.2 Å². The van der Waals surface area contributed by atoms with Crippen LogP contribution >= 0.6 is 0 Å². The average Bonchev–Trinajstić information content (AvgIpc) is 3.50. The summed E-state index contributed by atoms with van der Waals surface area (Å²) in [7, 11) is 0. The summed E-state index contributed by atoms with van der Waals surface area (Å²) in [5.41, 5.74) is 10.4. The minimum absolute atomic E-state index is 0.0349. The number of hydrogen-bond donors (Lipinski definition) is 3. The molecule has 4 aromatic rings. The largest absolute Gasteiger partial charge is 0.483 e. The van der Waals surface area contributed by atoms with E-state index in [1.165, 1.54) is 6.33 Å². The molecule has 0 atom stereocenters. The van der Waals surface area contributed by atoms with Gasteiger partial charge in [-0.1, -0.05) is 5.16 Å². The number of nitrogens with two attached hydrogens (primary N) is 1. The fraction of sp³-hybridized carbons (Fsp3) is 0.481. The maximum atomic E-state index is 12.1. The summed E-state index contributed by atoms with van der Waals surface area (Å²) in [5, 5.41) is 19.8. The molecule has 5 heterocycles. The number of aryl methyl sites for hydroxylation is 1. The molecular weight excluding hydrogens is 528 g/mol. The van der Waals surface area contributed by atoms with Crippen LogP contribution in [0.1, 0.15) is 69.4 Å². The quantitative estimate of drug-likeness (QED) is 0.302. The highest BCUT2D eigenvalue weighted by Crippen LogP contribution is 2.48. The molecule has 6 rings (SSSR count). The van der Waals surface area contributed by atoms with Gasteiger partial charge in [0.05, 0.1) is 16.5 Å². The first-order valence-corrected chi connectivity index (χ1v) is 13.5. The first-order chi connectivity index (χ1) is 19.6. The van der Waals surface area contributed by atoms with Crippen molar-refractivity contribution in [2.45, 2.75) is 64.8 Å². The molecule has 14 nitrogen and oxygen atoms in total. The summed E-state index contributed by atoms with van der Waals surface area (Å²) in [5.74, 6) is 2.12. The molecule has 4 aromatic heterocycles. The Morgan fingerprint density at radius 3 is 2.51 bits per heavy atom. The average molecular weight is 563 g/mol. The third-order valence-electron chi connectivity index (χ3n) is 7.20. The molecule has 2 aliphatic rings. The van der Waals surface area contributed by atoms with Gasteiger partial charge in [0.15, 0.2) is 17.2 Å². The van der Waals surface area contributed by atoms with E-state index in [1.807, 2.05) is 24.7 Å². The third-order valence-corrected chi connectivity index (χ3v) is 7.20. The van der Waals surface area contributed by atoms with Crippen molar-refractivity contribution < 1.29 is 19.2 Å². The maximum absolute atomic E-state index is 12.1. The lowest BCUT2D eigenvalue weighted by Gasteiger charge is -2.39. The van der Waals surface area contributed by atoms with Gasteiger partial charge in [0.1, 0.15) is 23.5 Å². The van der Waals surface area contributed by atoms with Gasteiger partial charge in [-0.3, -0.25) is 4.79 Å². The highest BCUT2D eigenvalue weighted by atomic mass is 16.5. The Bertz CT molecular complexity index is 1600. The van der Waals surface area contributed by atoms with Gasteiger partial charge in [-0.15, -0.1) is 0 Å². The van der Waals surface area contributed by atoms with Gasteiger partial charge in [-0.05, 0) is 53.0 Å². The number of anilines is 1. The van der Waals surface area contributed by atoms with Crippen LogP contribution in [-0.4, -0.2) is 77.0 Å². The van der Waals surface area contributed by atoms with Crippen LogP contribution < -0.4 is 11.1 Å². The summed E-state index contributed by atoms with van der Waals surface area (Å²) in [6.07, 6.45) is 5.37. The van der Waals surface area contributed by atoms with E-state index in [0.717, 1.165) is 35.4 Å². The van der Waals surface area contributed by atoms with Gasteiger partial charge in [-0.2, -0.15) is 5.10 Å². The van der Waals surface area contributed by atoms with Crippen LogP contribution in [0, 0.1) is 6.92 Å². The van der Waals surface area contributed by atoms with E-state index in [-0.39, 0.29) is 29.9 Å². The molecule has 2 amide bonds. The van der Waals surface area contributed by atoms with E-state index >= 15 is 0 Å². The lowest BCUT2D eigenvalue weighted by Crippen LogP contribution is -2.52. The molecule has 0 aromatic carbocycles. The van der Waals surface area contributed by atoms with Crippen LogP contribution in [-0.2, 0) is 10.3 Å². The van der Waals surface area contributed by atoms with Gasteiger partial charge in [0.25, 0.3) is 6.47 Å². The van der Waals surface area contributed by atoms with Gasteiger partial charge < -0.3 is 25.6 Å². The molecule has 1 saturated heterocycles. The molecule has 1 aliphatic carbocycles. The molecular formula is C27H34N10O4. The summed E-state index contributed by atoms with van der Waals surface area (Å²) in [6.45, 7) is 11.7. The highest BCUT2D eigenvalue weighted by Gasteiger charge is 2.37. The maximum Gasteiger partial charge on any atom is 0.317 e. The lowest BCUT2D eigenvalue weighted by atomic mass is 9.91. The number of carbonyl (C=O) groups is 2. The van der Waals surface area contributed by atoms with E-state index in [4.69, 9.17) is 35.2 Å². The third kappa shape index (κ3) is 5.16. The number of likely N-dealkylation sites (tertiary alicyclic amines) is 1. The Morgan fingerprint density at radius 2 is 1.90 bits per heavy atom. The molecule has 216 valence electrons. The van der Waals surface area contributed by atoms with Crippen molar-refractivity contribution in [3.05, 3.63) is 29.5 Å². The van der Waals surface area contributed by atoms with Crippen molar-refractivity contribution in [3.8, 4) is 22.8 Å². The number of carbonyl (C=O) groups excluding carboxylic acids is 1. The predicted octanol–water partition coefficient (Wildman–Crippen LogP) is 3.29. The number of hydrogen-bond acceptors (Lipinski definition) is 10. The van der Waals surface area contributed by atoms with Crippen molar-refractivity contribution in [2.75, 3.05) is 25.4 Å². The monoisotopic (exact) mass is 562 g/mol. The van der Waals surface area contributed by atoms with Crippen LogP contribution in [0.5, 0.6) is 0 Å². The van der Waals surface area contributed by atoms with Crippen molar-refractivity contribution in [1.29, 1.82) is 0 Å². The second-order valence-electron chi connectivity index (χ2n) is 11.2. The Kier molecular flexibility index (Phi) is 7.32. The lowest BCUT2D eigenvalue weighted by molar-refractivity contribution is -0.122. The topological polar surface area (TPSA) is 191 Å². The number of urea groups is 1. The standard InChI is InChI=1S/C26H32N10O2.CH2O2/c1-6-28-25(37)35-10-15(11-35)16-9-29-23(32-13(16)2)17-20(34-38-21(17)14-7-8-14)19-18-22(27)30-12-31-24(18)36(33-19)26(3,4)5;2-1-3/h9,12,14-15H,6-8,10-11H2,1-5H3,(H,28,37)(H2,27,30,31);1H,(H,2,3).